The molecule has 0 aliphatic carbocycles. The molecule has 0 saturated heterocycles. The minimum Gasteiger partial charge on any atom is -0.493 e. The number of amides is 1. The molecule has 9 nitrogen and oxygen atoms in total. The zero-order valence-electron chi connectivity index (χ0n) is 19.8. The molecule has 180 valence electrons. The molecule has 1 aromatic heterocycles. The first-order valence-electron chi connectivity index (χ1n) is 10.9. The van der Waals surface area contributed by atoms with E-state index in [2.05, 4.69) is 4.98 Å². The van der Waals surface area contributed by atoms with Crippen molar-refractivity contribution in [3.05, 3.63) is 64.7 Å². The van der Waals surface area contributed by atoms with Gasteiger partial charge < -0.3 is 19.1 Å². The Morgan fingerprint density at radius 1 is 1.09 bits per heavy atom. The summed E-state index contributed by atoms with van der Waals surface area (Å²) >= 11 is 0. The van der Waals surface area contributed by atoms with Crippen LogP contribution < -0.4 is 15.0 Å². The number of hydrogen-bond donors (Lipinski definition) is 0. The minimum atomic E-state index is -0.895. The second-order valence-corrected chi connectivity index (χ2v) is 7.88. The molecule has 0 bridgehead atoms. The average Bonchev–Trinajstić information content (AvgIpc) is 2.84. The summed E-state index contributed by atoms with van der Waals surface area (Å²) in [7, 11) is 4.68. The van der Waals surface area contributed by atoms with Crippen molar-refractivity contribution in [3.63, 3.8) is 0 Å². The number of ether oxygens (including phenoxy) is 3. The Morgan fingerprint density at radius 3 is 2.44 bits per heavy atom. The molecule has 0 fully saturated rings. The van der Waals surface area contributed by atoms with Crippen LogP contribution in [0.25, 0.3) is 10.9 Å². The molecular formula is C25H29N3O6. The van der Waals surface area contributed by atoms with Crippen LogP contribution in [0.5, 0.6) is 11.5 Å². The van der Waals surface area contributed by atoms with Crippen molar-refractivity contribution >= 4 is 22.8 Å². The van der Waals surface area contributed by atoms with Gasteiger partial charge in [0.15, 0.2) is 17.6 Å². The van der Waals surface area contributed by atoms with Gasteiger partial charge in [-0.3, -0.25) is 19.0 Å². The van der Waals surface area contributed by atoms with E-state index in [-0.39, 0.29) is 24.4 Å². The summed E-state index contributed by atoms with van der Waals surface area (Å²) in [4.78, 5) is 43.4. The molecule has 2 aromatic carbocycles. The molecule has 0 spiro atoms. The third-order valence-electron chi connectivity index (χ3n) is 5.40. The summed E-state index contributed by atoms with van der Waals surface area (Å²) < 4.78 is 17.2. The fourth-order valence-electron chi connectivity index (χ4n) is 3.59. The number of esters is 1. The minimum absolute atomic E-state index is 0.0659. The summed E-state index contributed by atoms with van der Waals surface area (Å²) in [5.74, 6) is 0.144. The number of carbonyl (C=O) groups excluding carboxylic acids is 2. The molecule has 3 aromatic rings. The summed E-state index contributed by atoms with van der Waals surface area (Å²) in [6.07, 6.45) is 0.969. The molecule has 1 unspecified atom stereocenters. The standard InChI is InChI=1S/C25H29N3O6/c1-17(24(30)27(2)15-18-9-6-5-7-10-18)34-23(29)11-8-12-28-16-26-20-14-22(33-4)21(32-3)13-19(20)25(28)31/h5-7,9-10,13-14,16-17H,8,11-12,15H2,1-4H3. The third-order valence-corrected chi connectivity index (χ3v) is 5.40. The maximum absolute atomic E-state index is 12.8. The number of hydrogen-bond acceptors (Lipinski definition) is 7. The van der Waals surface area contributed by atoms with E-state index in [1.807, 2.05) is 30.3 Å². The Morgan fingerprint density at radius 2 is 1.76 bits per heavy atom. The van der Waals surface area contributed by atoms with Gasteiger partial charge in [-0.2, -0.15) is 0 Å². The molecule has 9 heteroatoms. The van der Waals surface area contributed by atoms with Crippen molar-refractivity contribution in [1.29, 1.82) is 0 Å². The van der Waals surface area contributed by atoms with Crippen LogP contribution in [-0.4, -0.2) is 53.7 Å². The van der Waals surface area contributed by atoms with Gasteiger partial charge in [0.1, 0.15) is 0 Å². The fourth-order valence-corrected chi connectivity index (χ4v) is 3.59. The number of benzene rings is 2. The molecule has 1 amide bonds. The van der Waals surface area contributed by atoms with Crippen LogP contribution in [0.1, 0.15) is 25.3 Å². The summed E-state index contributed by atoms with van der Waals surface area (Å²) in [6, 6.07) is 12.8. The highest BCUT2D eigenvalue weighted by atomic mass is 16.5. The summed E-state index contributed by atoms with van der Waals surface area (Å²) in [6.45, 7) is 2.26. The second-order valence-electron chi connectivity index (χ2n) is 7.88. The number of fused-ring (bicyclic) bond motifs is 1. The van der Waals surface area contributed by atoms with Gasteiger partial charge in [-0.05, 0) is 25.0 Å². The number of aryl methyl sites for hydroxylation is 1. The van der Waals surface area contributed by atoms with Crippen molar-refractivity contribution in [3.8, 4) is 11.5 Å². The van der Waals surface area contributed by atoms with Crippen LogP contribution in [0.2, 0.25) is 0 Å². The van der Waals surface area contributed by atoms with Gasteiger partial charge in [0.2, 0.25) is 0 Å². The van der Waals surface area contributed by atoms with Gasteiger partial charge in [-0.25, -0.2) is 4.98 Å². The fraction of sp³-hybridized carbons (Fsp3) is 0.360. The van der Waals surface area contributed by atoms with Crippen LogP contribution in [-0.2, 0) is 27.4 Å². The van der Waals surface area contributed by atoms with Crippen LogP contribution in [0.3, 0.4) is 0 Å². The summed E-state index contributed by atoms with van der Waals surface area (Å²) in [5.41, 5.74) is 1.23. The second kappa shape index (κ2) is 11.3. The van der Waals surface area contributed by atoms with E-state index in [4.69, 9.17) is 14.2 Å². The van der Waals surface area contributed by atoms with Crippen LogP contribution in [0.15, 0.2) is 53.6 Å². The van der Waals surface area contributed by atoms with Gasteiger partial charge in [0.25, 0.3) is 11.5 Å². The van der Waals surface area contributed by atoms with Gasteiger partial charge in [-0.15, -0.1) is 0 Å². The molecule has 0 aliphatic heterocycles. The van der Waals surface area contributed by atoms with Gasteiger partial charge in [-0.1, -0.05) is 30.3 Å². The van der Waals surface area contributed by atoms with E-state index >= 15 is 0 Å². The van der Waals surface area contributed by atoms with E-state index in [0.717, 1.165) is 5.56 Å². The Hall–Kier alpha value is -3.88. The average molecular weight is 468 g/mol. The van der Waals surface area contributed by atoms with E-state index in [1.165, 1.54) is 30.0 Å². The van der Waals surface area contributed by atoms with Crippen molar-refractivity contribution < 1.29 is 23.8 Å². The number of aromatic nitrogens is 2. The van der Waals surface area contributed by atoms with Crippen LogP contribution >= 0.6 is 0 Å². The molecule has 1 atom stereocenters. The molecule has 0 saturated carbocycles. The molecule has 0 aliphatic rings. The lowest BCUT2D eigenvalue weighted by Crippen LogP contribution is -2.37. The Balaban J connectivity index is 1.54. The highest BCUT2D eigenvalue weighted by molar-refractivity contribution is 5.83. The lowest BCUT2D eigenvalue weighted by molar-refractivity contribution is -0.158. The molecule has 0 N–H and O–H groups in total. The lowest BCUT2D eigenvalue weighted by atomic mass is 10.2. The number of rotatable bonds is 10. The normalized spacial score (nSPS) is 11.6. The maximum Gasteiger partial charge on any atom is 0.306 e. The smallest absolute Gasteiger partial charge is 0.306 e. The van der Waals surface area contributed by atoms with Crippen LogP contribution in [0, 0.1) is 0 Å². The third kappa shape index (κ3) is 5.92. The summed E-state index contributed by atoms with van der Waals surface area (Å²) in [5, 5.41) is 0.392. The number of nitrogens with zero attached hydrogens (tertiary/aromatic N) is 3. The molecule has 0 radical (unpaired) electrons. The zero-order valence-corrected chi connectivity index (χ0v) is 19.8. The lowest BCUT2D eigenvalue weighted by Gasteiger charge is -2.21. The predicted octanol–water partition coefficient (Wildman–Crippen LogP) is 2.78. The first kappa shape index (κ1) is 24.8. The Bertz CT molecular complexity index is 1210. The number of methoxy groups -OCH3 is 2. The van der Waals surface area contributed by atoms with Crippen LogP contribution in [0.4, 0.5) is 0 Å². The van der Waals surface area contributed by atoms with E-state index in [1.54, 1.807) is 26.1 Å². The molecular weight excluding hydrogens is 438 g/mol. The van der Waals surface area contributed by atoms with E-state index < -0.39 is 12.1 Å². The first-order valence-corrected chi connectivity index (χ1v) is 10.9. The number of likely N-dealkylation sites (N-methyl/N-ethyl adjacent to an activating group) is 1. The molecule has 34 heavy (non-hydrogen) atoms. The topological polar surface area (TPSA) is 100.0 Å². The van der Waals surface area contributed by atoms with Gasteiger partial charge in [0, 0.05) is 32.6 Å². The first-order chi connectivity index (χ1) is 16.3. The highest BCUT2D eigenvalue weighted by Gasteiger charge is 2.21. The quantitative estimate of drug-likeness (QED) is 0.423. The predicted molar refractivity (Wildman–Crippen MR) is 127 cm³/mol. The Labute approximate surface area is 197 Å². The monoisotopic (exact) mass is 467 g/mol. The molecule has 1 heterocycles. The van der Waals surface area contributed by atoms with Crippen molar-refractivity contribution in [2.75, 3.05) is 21.3 Å². The number of carbonyl (C=O) groups is 2. The van der Waals surface area contributed by atoms with Crippen molar-refractivity contribution in [2.24, 2.45) is 0 Å². The van der Waals surface area contributed by atoms with E-state index in [9.17, 15) is 14.4 Å². The largest absolute Gasteiger partial charge is 0.493 e. The zero-order chi connectivity index (χ0) is 24.7. The van der Waals surface area contributed by atoms with Crippen molar-refractivity contribution in [1.82, 2.24) is 14.5 Å². The van der Waals surface area contributed by atoms with E-state index in [0.29, 0.717) is 35.4 Å². The maximum atomic E-state index is 12.8. The van der Waals surface area contributed by atoms with Crippen molar-refractivity contribution in [2.45, 2.75) is 39.0 Å². The van der Waals surface area contributed by atoms with Gasteiger partial charge in [0.05, 0.1) is 31.4 Å². The SMILES string of the molecule is COc1cc2ncn(CCCC(=O)OC(C)C(=O)N(C)Cc3ccccc3)c(=O)c2cc1OC. The molecule has 3 rings (SSSR count). The van der Waals surface area contributed by atoms with Gasteiger partial charge >= 0.3 is 5.97 Å². The highest BCUT2D eigenvalue weighted by Crippen LogP contribution is 2.29. The Kier molecular flexibility index (Phi) is 8.24.